The molecule has 0 heterocycles. The molecule has 26 heavy (non-hydrogen) atoms. The van der Waals surface area contributed by atoms with Gasteiger partial charge in [-0.25, -0.2) is 0 Å². The molecule has 0 amide bonds. The van der Waals surface area contributed by atoms with Gasteiger partial charge in [0.25, 0.3) is 0 Å². The Labute approximate surface area is 159 Å². The molecule has 0 saturated carbocycles. The molecule has 0 radical (unpaired) electrons. The van der Waals surface area contributed by atoms with E-state index in [0.717, 1.165) is 37.5 Å². The van der Waals surface area contributed by atoms with Crippen LogP contribution in [0.5, 0.6) is 5.75 Å². The molecule has 0 spiro atoms. The van der Waals surface area contributed by atoms with E-state index in [0.29, 0.717) is 6.61 Å². The summed E-state index contributed by atoms with van der Waals surface area (Å²) in [5, 5.41) is 3.42. The van der Waals surface area contributed by atoms with Crippen LogP contribution in [0.3, 0.4) is 0 Å². The second-order valence-electron chi connectivity index (χ2n) is 7.26. The normalized spacial score (nSPS) is 11.3. The van der Waals surface area contributed by atoms with Gasteiger partial charge in [0.05, 0.1) is 0 Å². The third kappa shape index (κ3) is 5.42. The Morgan fingerprint density at radius 1 is 0.885 bits per heavy atom. The van der Waals surface area contributed by atoms with Crippen molar-refractivity contribution in [1.82, 2.24) is 0 Å². The van der Waals surface area contributed by atoms with Gasteiger partial charge in [-0.05, 0) is 67.6 Å². The zero-order chi connectivity index (χ0) is 19.0. The van der Waals surface area contributed by atoms with E-state index in [1.54, 1.807) is 0 Å². The lowest BCUT2D eigenvalue weighted by molar-refractivity contribution is 0.332. The molecule has 0 saturated heterocycles. The Morgan fingerprint density at radius 2 is 1.50 bits per heavy atom. The molecular weight excluding hydrogens is 320 g/mol. The van der Waals surface area contributed by atoms with Gasteiger partial charge < -0.3 is 15.0 Å². The first-order valence-electron chi connectivity index (χ1n) is 9.82. The van der Waals surface area contributed by atoms with E-state index in [1.165, 1.54) is 11.3 Å². The van der Waals surface area contributed by atoms with Gasteiger partial charge in [0.1, 0.15) is 12.4 Å². The number of benzene rings is 2. The van der Waals surface area contributed by atoms with Gasteiger partial charge in [-0.1, -0.05) is 32.9 Å². The molecular formula is C23H34N2O. The Balaban J connectivity index is 1.78. The average Bonchev–Trinajstić information content (AvgIpc) is 2.67. The highest BCUT2D eigenvalue weighted by Crippen LogP contribution is 2.28. The van der Waals surface area contributed by atoms with Gasteiger partial charge in [0.15, 0.2) is 0 Å². The van der Waals surface area contributed by atoms with Crippen LogP contribution in [-0.2, 0) is 5.41 Å². The molecule has 0 aliphatic heterocycles. The zero-order valence-electron chi connectivity index (χ0n) is 17.0. The standard InChI is InChI=1S/C23H34N2O/c1-6-23(4,5)19-9-15-22(16-10-19)26-18-17-24-20-11-13-21(14-12-20)25(7-2)8-3/h9-16,24H,6-8,17-18H2,1-5H3. The van der Waals surface area contributed by atoms with E-state index < -0.39 is 0 Å². The maximum absolute atomic E-state index is 5.86. The van der Waals surface area contributed by atoms with E-state index in [2.05, 4.69) is 93.4 Å². The molecule has 1 N–H and O–H groups in total. The van der Waals surface area contributed by atoms with Gasteiger partial charge >= 0.3 is 0 Å². The molecule has 3 nitrogen and oxygen atoms in total. The van der Waals surface area contributed by atoms with Crippen LogP contribution in [0, 0.1) is 0 Å². The number of nitrogens with one attached hydrogen (secondary N) is 1. The Hall–Kier alpha value is -2.16. The van der Waals surface area contributed by atoms with Gasteiger partial charge in [0.2, 0.25) is 0 Å². The first-order chi connectivity index (χ1) is 12.5. The van der Waals surface area contributed by atoms with Gasteiger partial charge in [-0.15, -0.1) is 0 Å². The number of hydrogen-bond acceptors (Lipinski definition) is 3. The van der Waals surface area contributed by atoms with E-state index in [1.807, 2.05) is 0 Å². The van der Waals surface area contributed by atoms with E-state index in [4.69, 9.17) is 4.74 Å². The van der Waals surface area contributed by atoms with Crippen molar-refractivity contribution in [3.63, 3.8) is 0 Å². The highest BCUT2D eigenvalue weighted by Gasteiger charge is 2.17. The van der Waals surface area contributed by atoms with Crippen molar-refractivity contribution in [2.45, 2.75) is 46.5 Å². The molecule has 0 fully saturated rings. The predicted octanol–water partition coefficient (Wildman–Crippen LogP) is 5.71. The molecule has 0 aliphatic rings. The number of nitrogens with zero attached hydrogens (tertiary/aromatic N) is 1. The molecule has 3 heteroatoms. The van der Waals surface area contributed by atoms with E-state index in [9.17, 15) is 0 Å². The summed E-state index contributed by atoms with van der Waals surface area (Å²) in [6, 6.07) is 17.1. The molecule has 0 atom stereocenters. The van der Waals surface area contributed by atoms with Gasteiger partial charge in [-0.2, -0.15) is 0 Å². The summed E-state index contributed by atoms with van der Waals surface area (Å²) in [5.41, 5.74) is 3.98. The zero-order valence-corrected chi connectivity index (χ0v) is 17.0. The third-order valence-electron chi connectivity index (χ3n) is 5.22. The van der Waals surface area contributed by atoms with Gasteiger partial charge in [0, 0.05) is 31.0 Å². The smallest absolute Gasteiger partial charge is 0.119 e. The molecule has 2 aromatic carbocycles. The summed E-state index contributed by atoms with van der Waals surface area (Å²) >= 11 is 0. The van der Waals surface area contributed by atoms with Crippen LogP contribution < -0.4 is 15.0 Å². The highest BCUT2D eigenvalue weighted by molar-refractivity contribution is 5.55. The maximum atomic E-state index is 5.86. The Morgan fingerprint density at radius 3 is 2.04 bits per heavy atom. The topological polar surface area (TPSA) is 24.5 Å². The molecule has 2 aromatic rings. The molecule has 0 aromatic heterocycles. The number of rotatable bonds is 10. The lowest BCUT2D eigenvalue weighted by Crippen LogP contribution is -2.21. The summed E-state index contributed by atoms with van der Waals surface area (Å²) in [6.45, 7) is 14.6. The number of ether oxygens (including phenoxy) is 1. The fourth-order valence-electron chi connectivity index (χ4n) is 2.95. The molecule has 0 aliphatic carbocycles. The molecule has 2 rings (SSSR count). The van der Waals surface area contributed by atoms with Crippen molar-refractivity contribution < 1.29 is 4.74 Å². The minimum absolute atomic E-state index is 0.220. The fraction of sp³-hybridized carbons (Fsp3) is 0.478. The van der Waals surface area contributed by atoms with Crippen molar-refractivity contribution in [2.24, 2.45) is 0 Å². The summed E-state index contributed by atoms with van der Waals surface area (Å²) in [7, 11) is 0. The fourth-order valence-corrected chi connectivity index (χ4v) is 2.95. The Bertz CT molecular complexity index is 643. The molecule has 0 unspecified atom stereocenters. The summed E-state index contributed by atoms with van der Waals surface area (Å²) in [4.78, 5) is 2.34. The molecule has 142 valence electrons. The minimum atomic E-state index is 0.220. The van der Waals surface area contributed by atoms with Crippen molar-refractivity contribution in [1.29, 1.82) is 0 Å². The van der Waals surface area contributed by atoms with Crippen molar-refractivity contribution in [2.75, 3.05) is 36.5 Å². The predicted molar refractivity (Wildman–Crippen MR) is 114 cm³/mol. The lowest BCUT2D eigenvalue weighted by atomic mass is 9.82. The first-order valence-corrected chi connectivity index (χ1v) is 9.82. The SMILES string of the molecule is CCN(CC)c1ccc(NCCOc2ccc(C(C)(C)CC)cc2)cc1. The summed E-state index contributed by atoms with van der Waals surface area (Å²) < 4.78 is 5.86. The average molecular weight is 355 g/mol. The van der Waals surface area contributed by atoms with Gasteiger partial charge in [-0.3, -0.25) is 0 Å². The van der Waals surface area contributed by atoms with Crippen LogP contribution in [0.4, 0.5) is 11.4 Å². The number of anilines is 2. The van der Waals surface area contributed by atoms with Crippen LogP contribution in [0.15, 0.2) is 48.5 Å². The minimum Gasteiger partial charge on any atom is -0.492 e. The van der Waals surface area contributed by atoms with E-state index in [-0.39, 0.29) is 5.41 Å². The maximum Gasteiger partial charge on any atom is 0.119 e. The van der Waals surface area contributed by atoms with Crippen molar-refractivity contribution in [3.05, 3.63) is 54.1 Å². The lowest BCUT2D eigenvalue weighted by Gasteiger charge is -2.23. The second kappa shape index (κ2) is 9.51. The van der Waals surface area contributed by atoms with Crippen LogP contribution in [-0.4, -0.2) is 26.2 Å². The van der Waals surface area contributed by atoms with E-state index >= 15 is 0 Å². The largest absolute Gasteiger partial charge is 0.492 e. The van der Waals surface area contributed by atoms with Crippen LogP contribution >= 0.6 is 0 Å². The summed E-state index contributed by atoms with van der Waals surface area (Å²) in [6.07, 6.45) is 1.13. The molecule has 0 bridgehead atoms. The van der Waals surface area contributed by atoms with Crippen LogP contribution in [0.1, 0.15) is 46.6 Å². The highest BCUT2D eigenvalue weighted by atomic mass is 16.5. The summed E-state index contributed by atoms with van der Waals surface area (Å²) in [5.74, 6) is 0.930. The number of hydrogen-bond donors (Lipinski definition) is 1. The van der Waals surface area contributed by atoms with Crippen LogP contribution in [0.2, 0.25) is 0 Å². The second-order valence-corrected chi connectivity index (χ2v) is 7.26. The Kier molecular flexibility index (Phi) is 7.38. The van der Waals surface area contributed by atoms with Crippen LogP contribution in [0.25, 0.3) is 0 Å². The first kappa shape index (κ1) is 20.2. The van der Waals surface area contributed by atoms with Crippen molar-refractivity contribution >= 4 is 11.4 Å². The monoisotopic (exact) mass is 354 g/mol. The van der Waals surface area contributed by atoms with Crippen molar-refractivity contribution in [3.8, 4) is 5.75 Å². The third-order valence-corrected chi connectivity index (χ3v) is 5.22. The quantitative estimate of drug-likeness (QED) is 0.553.